The summed E-state index contributed by atoms with van der Waals surface area (Å²) in [7, 11) is 0. The highest BCUT2D eigenvalue weighted by Crippen LogP contribution is 2.56. The zero-order chi connectivity index (χ0) is 23.1. The lowest BCUT2D eigenvalue weighted by Crippen LogP contribution is -2.43. The number of benzene rings is 3. The monoisotopic (exact) mass is 450 g/mol. The van der Waals surface area contributed by atoms with Crippen LogP contribution in [0, 0.1) is 0 Å². The Labute approximate surface area is 189 Å². The van der Waals surface area contributed by atoms with Crippen LogP contribution in [0.15, 0.2) is 96.0 Å². The SMILES string of the molecule is O=C(ON1C(C2(c3ccccc3)CC2)=NC(c2ccccc2)C1c1ccccc1)C(F)(F)F. The van der Waals surface area contributed by atoms with Gasteiger partial charge < -0.3 is 4.84 Å². The van der Waals surface area contributed by atoms with Crippen LogP contribution in [0.25, 0.3) is 0 Å². The predicted molar refractivity (Wildman–Crippen MR) is 117 cm³/mol. The number of hydrogen-bond donors (Lipinski definition) is 0. The minimum absolute atomic E-state index is 0.356. The van der Waals surface area contributed by atoms with E-state index in [1.165, 1.54) is 0 Å². The van der Waals surface area contributed by atoms with Crippen molar-refractivity contribution in [1.82, 2.24) is 5.06 Å². The van der Waals surface area contributed by atoms with Crippen LogP contribution in [-0.2, 0) is 15.0 Å². The molecule has 5 rings (SSSR count). The number of rotatable bonds is 5. The zero-order valence-corrected chi connectivity index (χ0v) is 17.6. The van der Waals surface area contributed by atoms with Crippen molar-refractivity contribution in [2.45, 2.75) is 36.5 Å². The Morgan fingerprint density at radius 1 is 0.848 bits per heavy atom. The molecule has 1 saturated carbocycles. The maximum Gasteiger partial charge on any atom is 0.493 e. The summed E-state index contributed by atoms with van der Waals surface area (Å²) in [6.07, 6.45) is -3.71. The third kappa shape index (κ3) is 3.88. The van der Waals surface area contributed by atoms with E-state index in [0.717, 1.165) is 16.2 Å². The van der Waals surface area contributed by atoms with Crippen molar-refractivity contribution in [3.63, 3.8) is 0 Å². The highest BCUT2D eigenvalue weighted by molar-refractivity contribution is 5.98. The van der Waals surface area contributed by atoms with Gasteiger partial charge >= 0.3 is 12.1 Å². The average molecular weight is 450 g/mol. The van der Waals surface area contributed by atoms with Crippen LogP contribution in [0.5, 0.6) is 0 Å². The Morgan fingerprint density at radius 2 is 1.36 bits per heavy atom. The zero-order valence-electron chi connectivity index (χ0n) is 17.6. The second kappa shape index (κ2) is 8.06. The molecule has 168 valence electrons. The van der Waals surface area contributed by atoms with Gasteiger partial charge in [-0.05, 0) is 29.5 Å². The molecule has 0 N–H and O–H groups in total. The van der Waals surface area contributed by atoms with Gasteiger partial charge in [0.1, 0.15) is 17.9 Å². The van der Waals surface area contributed by atoms with Gasteiger partial charge in [0.2, 0.25) is 0 Å². The number of hydrogen-bond acceptors (Lipinski definition) is 4. The highest BCUT2D eigenvalue weighted by Gasteiger charge is 2.58. The number of carbonyl (C=O) groups excluding carboxylic acids is 1. The smallest absolute Gasteiger partial charge is 0.330 e. The minimum Gasteiger partial charge on any atom is -0.330 e. The largest absolute Gasteiger partial charge is 0.493 e. The van der Waals surface area contributed by atoms with Crippen LogP contribution < -0.4 is 0 Å². The Kier molecular flexibility index (Phi) is 5.19. The molecule has 2 atom stereocenters. The molecule has 4 nitrogen and oxygen atoms in total. The summed E-state index contributed by atoms with van der Waals surface area (Å²) in [4.78, 5) is 22.1. The summed E-state index contributed by atoms with van der Waals surface area (Å²) in [5, 5.41) is 1.11. The van der Waals surface area contributed by atoms with E-state index in [4.69, 9.17) is 9.83 Å². The van der Waals surface area contributed by atoms with Gasteiger partial charge in [0.15, 0.2) is 0 Å². The predicted octanol–water partition coefficient (Wildman–Crippen LogP) is 5.94. The number of carbonyl (C=O) groups is 1. The average Bonchev–Trinajstić information content (AvgIpc) is 3.56. The first-order valence-corrected chi connectivity index (χ1v) is 10.7. The minimum atomic E-state index is -5.12. The molecule has 1 aliphatic heterocycles. The molecule has 3 aromatic rings. The first-order valence-electron chi connectivity index (χ1n) is 10.7. The first-order chi connectivity index (χ1) is 15.9. The van der Waals surface area contributed by atoms with Gasteiger partial charge in [-0.1, -0.05) is 91.0 Å². The van der Waals surface area contributed by atoms with E-state index in [1.807, 2.05) is 91.0 Å². The standard InChI is InChI=1S/C26H21F3N2O2/c27-26(28,29)24(32)33-31-22(19-12-6-2-7-13-19)21(18-10-4-1-5-11-18)30-23(31)25(16-17-25)20-14-8-3-9-15-20/h1-15,21-22H,16-17H2. The van der Waals surface area contributed by atoms with Crippen LogP contribution in [0.3, 0.4) is 0 Å². The molecular weight excluding hydrogens is 429 g/mol. The van der Waals surface area contributed by atoms with Gasteiger partial charge in [-0.2, -0.15) is 18.2 Å². The summed E-state index contributed by atoms with van der Waals surface area (Å²) < 4.78 is 39.8. The summed E-state index contributed by atoms with van der Waals surface area (Å²) in [6, 6.07) is 26.7. The number of aliphatic imine (C=N–C) groups is 1. The van der Waals surface area contributed by atoms with Crippen molar-refractivity contribution in [3.8, 4) is 0 Å². The van der Waals surface area contributed by atoms with Gasteiger partial charge in [-0.15, -0.1) is 0 Å². The van der Waals surface area contributed by atoms with Crippen LogP contribution in [0.2, 0.25) is 0 Å². The summed E-state index contributed by atoms with van der Waals surface area (Å²) in [5.41, 5.74) is 1.89. The Balaban J connectivity index is 1.65. The molecule has 3 aromatic carbocycles. The van der Waals surface area contributed by atoms with E-state index < -0.39 is 29.6 Å². The van der Waals surface area contributed by atoms with Gasteiger partial charge in [-0.3, -0.25) is 4.99 Å². The number of alkyl halides is 3. The van der Waals surface area contributed by atoms with E-state index in [-0.39, 0.29) is 0 Å². The van der Waals surface area contributed by atoms with E-state index in [0.29, 0.717) is 24.2 Å². The van der Waals surface area contributed by atoms with Crippen molar-refractivity contribution < 1.29 is 22.8 Å². The molecule has 33 heavy (non-hydrogen) atoms. The second-order valence-corrected chi connectivity index (χ2v) is 8.31. The summed E-state index contributed by atoms with van der Waals surface area (Å²) in [6.45, 7) is 0. The lowest BCUT2D eigenvalue weighted by Gasteiger charge is -2.32. The molecule has 1 fully saturated rings. The molecule has 1 heterocycles. The van der Waals surface area contributed by atoms with Crippen molar-refractivity contribution in [3.05, 3.63) is 108 Å². The van der Waals surface area contributed by atoms with E-state index in [2.05, 4.69) is 0 Å². The second-order valence-electron chi connectivity index (χ2n) is 8.31. The van der Waals surface area contributed by atoms with Gasteiger partial charge in [0.05, 0.1) is 5.41 Å². The topological polar surface area (TPSA) is 41.9 Å². The van der Waals surface area contributed by atoms with Crippen molar-refractivity contribution in [1.29, 1.82) is 0 Å². The number of halogens is 3. The molecule has 0 aromatic heterocycles. The first kappa shape index (κ1) is 21.2. The van der Waals surface area contributed by atoms with Gasteiger partial charge in [-0.25, -0.2) is 4.79 Å². The third-order valence-electron chi connectivity index (χ3n) is 6.22. The maximum absolute atomic E-state index is 13.3. The fourth-order valence-electron chi connectivity index (χ4n) is 4.49. The Hall–Kier alpha value is -3.61. The van der Waals surface area contributed by atoms with Crippen molar-refractivity contribution in [2.75, 3.05) is 0 Å². The summed E-state index contributed by atoms with van der Waals surface area (Å²) >= 11 is 0. The quantitative estimate of drug-likeness (QED) is 0.484. The number of hydroxylamine groups is 2. The lowest BCUT2D eigenvalue weighted by atomic mass is 9.93. The van der Waals surface area contributed by atoms with E-state index in [1.54, 1.807) is 0 Å². The van der Waals surface area contributed by atoms with Gasteiger partial charge in [0.25, 0.3) is 0 Å². The van der Waals surface area contributed by atoms with Crippen LogP contribution in [0.1, 0.15) is 41.6 Å². The van der Waals surface area contributed by atoms with Crippen LogP contribution in [-0.4, -0.2) is 23.0 Å². The van der Waals surface area contributed by atoms with Gasteiger partial charge in [0, 0.05) is 0 Å². The maximum atomic E-state index is 13.3. The molecular formula is C26H21F3N2O2. The molecule has 7 heteroatoms. The molecule has 2 aliphatic rings. The molecule has 0 amide bonds. The fourth-order valence-corrected chi connectivity index (χ4v) is 4.49. The van der Waals surface area contributed by atoms with Crippen LogP contribution in [0.4, 0.5) is 13.2 Å². The number of amidine groups is 1. The van der Waals surface area contributed by atoms with E-state index in [9.17, 15) is 18.0 Å². The van der Waals surface area contributed by atoms with Crippen LogP contribution >= 0.6 is 0 Å². The Bertz CT molecular complexity index is 1160. The molecule has 1 aliphatic carbocycles. The lowest BCUT2D eigenvalue weighted by molar-refractivity contribution is -0.230. The highest BCUT2D eigenvalue weighted by atomic mass is 19.4. The fraction of sp³-hybridized carbons (Fsp3) is 0.231. The number of nitrogens with zero attached hydrogens (tertiary/aromatic N) is 2. The summed E-state index contributed by atoms with van der Waals surface area (Å²) in [5.74, 6) is -1.90. The van der Waals surface area contributed by atoms with Crippen molar-refractivity contribution >= 4 is 11.8 Å². The molecule has 0 bridgehead atoms. The normalized spacial score (nSPS) is 21.4. The van der Waals surface area contributed by atoms with E-state index >= 15 is 0 Å². The van der Waals surface area contributed by atoms with Crippen molar-refractivity contribution in [2.24, 2.45) is 4.99 Å². The molecule has 2 unspecified atom stereocenters. The molecule has 0 radical (unpaired) electrons. The third-order valence-corrected chi connectivity index (χ3v) is 6.22. The molecule has 0 spiro atoms. The Morgan fingerprint density at radius 3 is 1.88 bits per heavy atom. The molecule has 0 saturated heterocycles.